The Morgan fingerprint density at radius 3 is 2.21 bits per heavy atom. The summed E-state index contributed by atoms with van der Waals surface area (Å²) in [6.07, 6.45) is 0. The quantitative estimate of drug-likeness (QED) is 0.656. The van der Waals surface area contributed by atoms with Gasteiger partial charge in [0.05, 0.1) is 17.6 Å². The van der Waals surface area contributed by atoms with Gasteiger partial charge in [-0.15, -0.1) is 0 Å². The number of carboxylic acid groups (broad SMARTS) is 1. The second-order valence-electron chi connectivity index (χ2n) is 5.95. The first-order chi connectivity index (χ1) is 8.54. The lowest BCUT2D eigenvalue weighted by Crippen LogP contribution is -2.59. The van der Waals surface area contributed by atoms with E-state index in [2.05, 4.69) is 10.6 Å². The molecule has 0 bridgehead atoms. The van der Waals surface area contributed by atoms with Gasteiger partial charge in [0.15, 0.2) is 0 Å². The molecule has 0 fully saturated rings. The lowest BCUT2D eigenvalue weighted by atomic mass is 9.74. The lowest BCUT2D eigenvalue weighted by molar-refractivity contribution is -0.150. The molecule has 0 rings (SSSR count). The fourth-order valence-corrected chi connectivity index (χ4v) is 1.36. The summed E-state index contributed by atoms with van der Waals surface area (Å²) in [5, 5.41) is 14.6. The van der Waals surface area contributed by atoms with E-state index >= 15 is 0 Å². The van der Waals surface area contributed by atoms with Crippen LogP contribution in [0, 0.1) is 11.3 Å². The first-order valence-corrected chi connectivity index (χ1v) is 6.33. The van der Waals surface area contributed by atoms with Gasteiger partial charge in [0, 0.05) is 13.7 Å². The van der Waals surface area contributed by atoms with E-state index < -0.39 is 16.9 Å². The number of rotatable bonds is 7. The molecule has 6 nitrogen and oxygen atoms in total. The molecule has 0 aromatic heterocycles. The number of hydrogen-bond donors (Lipinski definition) is 3. The zero-order valence-corrected chi connectivity index (χ0v) is 12.7. The third-order valence-corrected chi connectivity index (χ3v) is 3.59. The molecule has 2 amide bonds. The second-order valence-corrected chi connectivity index (χ2v) is 5.95. The Morgan fingerprint density at radius 2 is 1.79 bits per heavy atom. The fraction of sp³-hybridized carbons (Fsp3) is 0.846. The molecule has 112 valence electrons. The monoisotopic (exact) mass is 274 g/mol. The van der Waals surface area contributed by atoms with Gasteiger partial charge in [-0.2, -0.15) is 0 Å². The highest BCUT2D eigenvalue weighted by atomic mass is 16.5. The molecular weight excluding hydrogens is 248 g/mol. The van der Waals surface area contributed by atoms with Gasteiger partial charge in [-0.3, -0.25) is 4.79 Å². The molecule has 1 unspecified atom stereocenters. The molecule has 19 heavy (non-hydrogen) atoms. The molecule has 6 heteroatoms. The molecule has 0 aliphatic rings. The van der Waals surface area contributed by atoms with Gasteiger partial charge < -0.3 is 20.5 Å². The van der Waals surface area contributed by atoms with E-state index in [9.17, 15) is 14.7 Å². The number of methoxy groups -OCH3 is 1. The normalized spacial score (nSPS) is 13.8. The Morgan fingerprint density at radius 1 is 1.26 bits per heavy atom. The average Bonchev–Trinajstić information content (AvgIpc) is 2.25. The number of nitrogens with one attached hydrogen (secondary N) is 2. The van der Waals surface area contributed by atoms with Crippen LogP contribution in [0.25, 0.3) is 0 Å². The highest BCUT2D eigenvalue weighted by molar-refractivity contribution is 5.79. The zero-order chi connectivity index (χ0) is 15.3. The molecule has 0 spiro atoms. The smallest absolute Gasteiger partial charge is 0.315 e. The first kappa shape index (κ1) is 17.7. The second kappa shape index (κ2) is 6.75. The summed E-state index contributed by atoms with van der Waals surface area (Å²) in [7, 11) is 1.61. The Labute approximate surface area is 114 Å². The van der Waals surface area contributed by atoms with Gasteiger partial charge >= 0.3 is 12.0 Å². The summed E-state index contributed by atoms with van der Waals surface area (Å²) >= 11 is 0. The van der Waals surface area contributed by atoms with Crippen molar-refractivity contribution in [3.63, 3.8) is 0 Å². The third-order valence-electron chi connectivity index (χ3n) is 3.59. The molecule has 0 aromatic carbocycles. The number of hydrogen-bond acceptors (Lipinski definition) is 3. The number of carbonyl (C=O) groups excluding carboxylic acids is 1. The van der Waals surface area contributed by atoms with Crippen LogP contribution in [0.5, 0.6) is 0 Å². The maximum atomic E-state index is 11.8. The van der Waals surface area contributed by atoms with E-state index in [1.807, 2.05) is 6.92 Å². The highest BCUT2D eigenvalue weighted by Gasteiger charge is 2.44. The van der Waals surface area contributed by atoms with Crippen molar-refractivity contribution in [3.8, 4) is 0 Å². The molecule has 0 radical (unpaired) electrons. The fourth-order valence-electron chi connectivity index (χ4n) is 1.36. The van der Waals surface area contributed by atoms with E-state index in [0.29, 0.717) is 13.2 Å². The molecule has 1 atom stereocenters. The van der Waals surface area contributed by atoms with Crippen LogP contribution in [0.4, 0.5) is 4.79 Å². The molecular formula is C13H26N2O4. The van der Waals surface area contributed by atoms with E-state index in [0.717, 1.165) is 0 Å². The minimum atomic E-state index is -1.07. The predicted molar refractivity (Wildman–Crippen MR) is 73.1 cm³/mol. The minimum absolute atomic E-state index is 0.200. The molecule has 0 aliphatic carbocycles. The van der Waals surface area contributed by atoms with Crippen LogP contribution in [-0.2, 0) is 9.53 Å². The van der Waals surface area contributed by atoms with Crippen LogP contribution < -0.4 is 10.6 Å². The molecule has 3 N–H and O–H groups in total. The van der Waals surface area contributed by atoms with Crippen molar-refractivity contribution in [2.75, 3.05) is 20.3 Å². The maximum Gasteiger partial charge on any atom is 0.315 e. The third kappa shape index (κ3) is 5.06. The van der Waals surface area contributed by atoms with Crippen LogP contribution in [0.15, 0.2) is 0 Å². The maximum absolute atomic E-state index is 11.8. The van der Waals surface area contributed by atoms with E-state index in [1.165, 1.54) is 0 Å². The van der Waals surface area contributed by atoms with Crippen molar-refractivity contribution in [1.82, 2.24) is 10.6 Å². The predicted octanol–water partition coefficient (Wildman–Crippen LogP) is 1.46. The van der Waals surface area contributed by atoms with Crippen molar-refractivity contribution < 1.29 is 19.4 Å². The molecule has 0 saturated carbocycles. The highest BCUT2D eigenvalue weighted by Crippen LogP contribution is 2.30. The number of carboxylic acids is 1. The average molecular weight is 274 g/mol. The molecule has 0 aliphatic heterocycles. The SMILES string of the molecule is COCC(C)CNC(=O)NC(C)(C)C(C)(C)C(=O)O. The summed E-state index contributed by atoms with van der Waals surface area (Å²) in [5.74, 6) is -0.753. The Balaban J connectivity index is 4.43. The molecule has 0 heterocycles. The molecule has 0 aromatic rings. The van der Waals surface area contributed by atoms with Crippen molar-refractivity contribution in [3.05, 3.63) is 0 Å². The summed E-state index contributed by atoms with van der Waals surface area (Å²) in [6, 6.07) is -0.373. The largest absolute Gasteiger partial charge is 0.481 e. The number of urea groups is 1. The summed E-state index contributed by atoms with van der Waals surface area (Å²) in [4.78, 5) is 23.0. The van der Waals surface area contributed by atoms with Gasteiger partial charge in [0.1, 0.15) is 0 Å². The van der Waals surface area contributed by atoms with Gasteiger partial charge in [0.25, 0.3) is 0 Å². The van der Waals surface area contributed by atoms with Gasteiger partial charge in [-0.1, -0.05) is 6.92 Å². The summed E-state index contributed by atoms with van der Waals surface area (Å²) in [6.45, 7) is 9.55. The first-order valence-electron chi connectivity index (χ1n) is 6.33. The van der Waals surface area contributed by atoms with E-state index in [4.69, 9.17) is 4.74 Å². The van der Waals surface area contributed by atoms with Crippen LogP contribution in [-0.4, -0.2) is 42.9 Å². The Bertz CT molecular complexity index is 327. The zero-order valence-electron chi connectivity index (χ0n) is 12.7. The summed E-state index contributed by atoms with van der Waals surface area (Å²) in [5.41, 5.74) is -1.93. The van der Waals surface area contributed by atoms with Crippen molar-refractivity contribution in [2.45, 2.75) is 40.2 Å². The van der Waals surface area contributed by atoms with Crippen molar-refractivity contribution in [1.29, 1.82) is 0 Å². The number of ether oxygens (including phenoxy) is 1. The van der Waals surface area contributed by atoms with Gasteiger partial charge in [-0.05, 0) is 33.6 Å². The van der Waals surface area contributed by atoms with E-state index in [1.54, 1.807) is 34.8 Å². The standard InChI is InChI=1S/C13H26N2O4/c1-9(8-19-6)7-14-11(18)15-13(4,5)12(2,3)10(16)17/h9H,7-8H2,1-6H3,(H,16,17)(H2,14,15,18). The number of aliphatic carboxylic acids is 1. The number of carbonyl (C=O) groups is 2. The van der Waals surface area contributed by atoms with Crippen LogP contribution >= 0.6 is 0 Å². The van der Waals surface area contributed by atoms with Gasteiger partial charge in [0.2, 0.25) is 0 Å². The van der Waals surface area contributed by atoms with Crippen molar-refractivity contribution >= 4 is 12.0 Å². The summed E-state index contributed by atoms with van der Waals surface area (Å²) < 4.78 is 4.97. The lowest BCUT2D eigenvalue weighted by Gasteiger charge is -2.38. The number of amides is 2. The topological polar surface area (TPSA) is 87.7 Å². The van der Waals surface area contributed by atoms with E-state index in [-0.39, 0.29) is 11.9 Å². The van der Waals surface area contributed by atoms with Gasteiger partial charge in [-0.25, -0.2) is 4.79 Å². The van der Waals surface area contributed by atoms with Crippen LogP contribution in [0.3, 0.4) is 0 Å². The Hall–Kier alpha value is -1.30. The van der Waals surface area contributed by atoms with Crippen LogP contribution in [0.2, 0.25) is 0 Å². The Kier molecular flexibility index (Phi) is 6.29. The van der Waals surface area contributed by atoms with Crippen LogP contribution in [0.1, 0.15) is 34.6 Å². The van der Waals surface area contributed by atoms with Crippen molar-refractivity contribution in [2.24, 2.45) is 11.3 Å². The minimum Gasteiger partial charge on any atom is -0.481 e. The molecule has 0 saturated heterocycles.